The van der Waals surface area contributed by atoms with Crippen LogP contribution >= 0.6 is 0 Å². The average Bonchev–Trinajstić information content (AvgIpc) is 2.43. The molecule has 0 saturated heterocycles. The Morgan fingerprint density at radius 2 is 1.90 bits per heavy atom. The van der Waals surface area contributed by atoms with E-state index in [9.17, 15) is 14.7 Å². The molecule has 1 aliphatic heterocycles. The van der Waals surface area contributed by atoms with Gasteiger partial charge in [0.05, 0.1) is 6.10 Å². The van der Waals surface area contributed by atoms with Crippen molar-refractivity contribution in [1.29, 1.82) is 0 Å². The normalized spacial score (nSPS) is 16.1. The average molecular weight is 281 g/mol. The molecule has 0 fully saturated rings. The second-order valence-electron chi connectivity index (χ2n) is 4.39. The summed E-state index contributed by atoms with van der Waals surface area (Å²) in [5.41, 5.74) is 0.237. The number of amides is 1. The van der Waals surface area contributed by atoms with E-state index in [2.05, 4.69) is 5.32 Å². The van der Waals surface area contributed by atoms with Crippen LogP contribution < -0.4 is 14.8 Å². The Morgan fingerprint density at radius 3 is 2.50 bits per heavy atom. The van der Waals surface area contributed by atoms with Crippen molar-refractivity contribution in [3.05, 3.63) is 23.8 Å². The first-order valence-corrected chi connectivity index (χ1v) is 6.10. The monoisotopic (exact) mass is 281 g/mol. The fourth-order valence-corrected chi connectivity index (χ4v) is 1.80. The summed E-state index contributed by atoms with van der Waals surface area (Å²) in [5, 5.41) is 20.5. The Bertz CT molecular complexity index is 528. The van der Waals surface area contributed by atoms with E-state index in [4.69, 9.17) is 14.6 Å². The number of hydrogen-bond acceptors (Lipinski definition) is 5. The molecule has 0 saturated carbocycles. The van der Waals surface area contributed by atoms with Gasteiger partial charge in [-0.25, -0.2) is 4.79 Å². The van der Waals surface area contributed by atoms with Crippen LogP contribution in [0.15, 0.2) is 18.2 Å². The molecule has 1 amide bonds. The van der Waals surface area contributed by atoms with Crippen molar-refractivity contribution in [2.24, 2.45) is 0 Å². The number of aliphatic hydroxyl groups excluding tert-OH is 1. The predicted molar refractivity (Wildman–Crippen MR) is 68.0 cm³/mol. The van der Waals surface area contributed by atoms with Gasteiger partial charge in [0.2, 0.25) is 0 Å². The molecule has 0 aliphatic carbocycles. The SMILES string of the molecule is C[C@@H](O)[C@H](NC(=O)c1ccc2c(c1)OCCO2)C(=O)O. The number of carboxylic acids is 1. The van der Waals surface area contributed by atoms with Crippen molar-refractivity contribution in [2.45, 2.75) is 19.1 Å². The van der Waals surface area contributed by atoms with Gasteiger partial charge in [-0.3, -0.25) is 4.79 Å². The molecular formula is C13H15NO6. The van der Waals surface area contributed by atoms with E-state index in [0.29, 0.717) is 24.7 Å². The third-order valence-corrected chi connectivity index (χ3v) is 2.84. The third-order valence-electron chi connectivity index (χ3n) is 2.84. The molecule has 0 aromatic heterocycles. The summed E-state index contributed by atoms with van der Waals surface area (Å²) >= 11 is 0. The Kier molecular flexibility index (Phi) is 4.09. The van der Waals surface area contributed by atoms with Crippen LogP contribution in [-0.4, -0.2) is 47.4 Å². The molecule has 20 heavy (non-hydrogen) atoms. The molecule has 0 spiro atoms. The minimum absolute atomic E-state index is 0.237. The quantitative estimate of drug-likeness (QED) is 0.718. The van der Waals surface area contributed by atoms with Crippen molar-refractivity contribution in [3.8, 4) is 11.5 Å². The lowest BCUT2D eigenvalue weighted by Crippen LogP contribution is -2.47. The summed E-state index contributed by atoms with van der Waals surface area (Å²) < 4.78 is 10.7. The van der Waals surface area contributed by atoms with Gasteiger partial charge in [0.15, 0.2) is 17.5 Å². The first-order chi connectivity index (χ1) is 9.49. The number of hydrogen-bond donors (Lipinski definition) is 3. The maximum atomic E-state index is 12.0. The molecule has 0 bridgehead atoms. The summed E-state index contributed by atoms with van der Waals surface area (Å²) in [6, 6.07) is 3.20. The number of fused-ring (bicyclic) bond motifs is 1. The second kappa shape index (κ2) is 5.79. The largest absolute Gasteiger partial charge is 0.486 e. The molecule has 0 radical (unpaired) electrons. The molecule has 2 atom stereocenters. The van der Waals surface area contributed by atoms with E-state index >= 15 is 0 Å². The number of carboxylic acid groups (broad SMARTS) is 1. The summed E-state index contributed by atoms with van der Waals surface area (Å²) in [6.45, 7) is 2.13. The van der Waals surface area contributed by atoms with Gasteiger partial charge in [-0.05, 0) is 25.1 Å². The third kappa shape index (κ3) is 3.00. The first kappa shape index (κ1) is 14.1. The maximum Gasteiger partial charge on any atom is 0.328 e. The fraction of sp³-hybridized carbons (Fsp3) is 0.385. The predicted octanol–water partition coefficient (Wildman–Crippen LogP) is 0.0216. The molecule has 1 aromatic rings. The zero-order valence-electron chi connectivity index (χ0n) is 10.8. The summed E-state index contributed by atoms with van der Waals surface area (Å²) in [6.07, 6.45) is -1.20. The highest BCUT2D eigenvalue weighted by Crippen LogP contribution is 2.30. The molecular weight excluding hydrogens is 266 g/mol. The second-order valence-corrected chi connectivity index (χ2v) is 4.39. The van der Waals surface area contributed by atoms with Crippen LogP contribution in [0.3, 0.4) is 0 Å². The lowest BCUT2D eigenvalue weighted by atomic mass is 10.1. The number of aliphatic carboxylic acids is 1. The smallest absolute Gasteiger partial charge is 0.328 e. The molecule has 7 nitrogen and oxygen atoms in total. The molecule has 1 aromatic carbocycles. The van der Waals surface area contributed by atoms with Gasteiger partial charge in [0.25, 0.3) is 5.91 Å². The molecule has 2 rings (SSSR count). The Hall–Kier alpha value is -2.28. The number of nitrogens with one attached hydrogen (secondary N) is 1. The van der Waals surface area contributed by atoms with Gasteiger partial charge < -0.3 is 25.0 Å². The van der Waals surface area contributed by atoms with Crippen LogP contribution in [0.1, 0.15) is 17.3 Å². The van der Waals surface area contributed by atoms with Gasteiger partial charge in [-0.2, -0.15) is 0 Å². The highest BCUT2D eigenvalue weighted by atomic mass is 16.6. The standard InChI is InChI=1S/C13H15NO6/c1-7(15)11(13(17)18)14-12(16)8-2-3-9-10(6-8)20-5-4-19-9/h2-3,6-7,11,15H,4-5H2,1H3,(H,14,16)(H,17,18)/t7-,11+/m1/s1. The van der Waals surface area contributed by atoms with Gasteiger partial charge in [0.1, 0.15) is 13.2 Å². The van der Waals surface area contributed by atoms with E-state index in [-0.39, 0.29) is 5.56 Å². The number of ether oxygens (including phenoxy) is 2. The summed E-state index contributed by atoms with van der Waals surface area (Å²) in [7, 11) is 0. The highest BCUT2D eigenvalue weighted by molar-refractivity contribution is 5.97. The van der Waals surface area contributed by atoms with Crippen LogP contribution in [0.5, 0.6) is 11.5 Å². The van der Waals surface area contributed by atoms with Crippen molar-refractivity contribution < 1.29 is 29.3 Å². The Labute approximate surface area is 115 Å². The van der Waals surface area contributed by atoms with Gasteiger partial charge in [0, 0.05) is 5.56 Å². The number of rotatable bonds is 4. The molecule has 3 N–H and O–H groups in total. The van der Waals surface area contributed by atoms with Crippen LogP contribution in [0.25, 0.3) is 0 Å². The number of carbonyl (C=O) groups excluding carboxylic acids is 1. The zero-order chi connectivity index (χ0) is 14.7. The lowest BCUT2D eigenvalue weighted by Gasteiger charge is -2.20. The number of carbonyl (C=O) groups is 2. The van der Waals surface area contributed by atoms with Crippen molar-refractivity contribution in [3.63, 3.8) is 0 Å². The van der Waals surface area contributed by atoms with E-state index in [1.165, 1.54) is 19.1 Å². The Balaban J connectivity index is 2.15. The molecule has 108 valence electrons. The first-order valence-electron chi connectivity index (χ1n) is 6.10. The highest BCUT2D eigenvalue weighted by Gasteiger charge is 2.26. The molecule has 1 heterocycles. The molecule has 1 aliphatic rings. The van der Waals surface area contributed by atoms with E-state index < -0.39 is 24.0 Å². The number of aliphatic hydroxyl groups is 1. The van der Waals surface area contributed by atoms with Crippen LogP contribution in [0.2, 0.25) is 0 Å². The summed E-state index contributed by atoms with van der Waals surface area (Å²) in [4.78, 5) is 22.9. The molecule has 0 unspecified atom stereocenters. The van der Waals surface area contributed by atoms with E-state index in [1.807, 2.05) is 0 Å². The summed E-state index contributed by atoms with van der Waals surface area (Å²) in [5.74, 6) is -0.924. The van der Waals surface area contributed by atoms with Crippen LogP contribution in [0.4, 0.5) is 0 Å². The zero-order valence-corrected chi connectivity index (χ0v) is 10.8. The molecule has 7 heteroatoms. The van der Waals surface area contributed by atoms with E-state index in [0.717, 1.165) is 0 Å². The minimum Gasteiger partial charge on any atom is -0.486 e. The van der Waals surface area contributed by atoms with Crippen molar-refractivity contribution in [2.75, 3.05) is 13.2 Å². The van der Waals surface area contributed by atoms with Crippen LogP contribution in [-0.2, 0) is 4.79 Å². The number of benzene rings is 1. The minimum atomic E-state index is -1.37. The van der Waals surface area contributed by atoms with Gasteiger partial charge in [-0.15, -0.1) is 0 Å². The van der Waals surface area contributed by atoms with Crippen LogP contribution in [0, 0.1) is 0 Å². The van der Waals surface area contributed by atoms with Crippen molar-refractivity contribution >= 4 is 11.9 Å². The Morgan fingerprint density at radius 1 is 1.25 bits per heavy atom. The van der Waals surface area contributed by atoms with E-state index in [1.54, 1.807) is 6.07 Å². The van der Waals surface area contributed by atoms with Crippen molar-refractivity contribution in [1.82, 2.24) is 5.32 Å². The fourth-order valence-electron chi connectivity index (χ4n) is 1.80. The topological polar surface area (TPSA) is 105 Å². The maximum absolute atomic E-state index is 12.0. The van der Waals surface area contributed by atoms with Gasteiger partial charge in [-0.1, -0.05) is 0 Å². The van der Waals surface area contributed by atoms with Gasteiger partial charge >= 0.3 is 5.97 Å². The lowest BCUT2D eigenvalue weighted by molar-refractivity contribution is -0.141.